The molecule has 0 aliphatic rings. The van der Waals surface area contributed by atoms with Crippen molar-refractivity contribution in [3.8, 4) is 11.1 Å². The van der Waals surface area contributed by atoms with E-state index in [-0.39, 0.29) is 40.1 Å². The monoisotopic (exact) mass is 447 g/mol. The first-order valence-electron chi connectivity index (χ1n) is 9.84. The lowest BCUT2D eigenvalue weighted by Gasteiger charge is -2.10. The molecule has 2 heterocycles. The zero-order valence-corrected chi connectivity index (χ0v) is 16.8. The average molecular weight is 447 g/mol. The molecule has 0 fully saturated rings. The first-order chi connectivity index (χ1) is 15.9. The van der Waals surface area contributed by atoms with Crippen molar-refractivity contribution >= 4 is 33.8 Å². The predicted octanol–water partition coefficient (Wildman–Crippen LogP) is 4.43. The lowest BCUT2D eigenvalue weighted by Crippen LogP contribution is -2.11. The van der Waals surface area contributed by atoms with Crippen LogP contribution in [0.2, 0.25) is 0 Å². The van der Waals surface area contributed by atoms with E-state index in [0.717, 1.165) is 0 Å². The summed E-state index contributed by atoms with van der Waals surface area (Å²) < 4.78 is 29.9. The van der Waals surface area contributed by atoms with E-state index in [1.807, 2.05) is 5.32 Å². The van der Waals surface area contributed by atoms with E-state index in [1.54, 1.807) is 30.3 Å². The third kappa shape index (κ3) is 3.67. The summed E-state index contributed by atoms with van der Waals surface area (Å²) >= 11 is 0. The van der Waals surface area contributed by atoms with Crippen LogP contribution in [0, 0.1) is 11.6 Å². The van der Waals surface area contributed by atoms with Crippen molar-refractivity contribution < 1.29 is 18.7 Å². The van der Waals surface area contributed by atoms with Crippen LogP contribution in [0.3, 0.4) is 0 Å². The third-order valence-electron chi connectivity index (χ3n) is 5.29. The number of carboxylic acid groups (broad SMARTS) is 1. The van der Waals surface area contributed by atoms with Gasteiger partial charge in [-0.05, 0) is 35.9 Å². The highest BCUT2D eigenvalue weighted by molar-refractivity contribution is 5.88. The zero-order chi connectivity index (χ0) is 23.1. The molecule has 5 rings (SSSR count). The molecule has 0 aliphatic carbocycles. The van der Waals surface area contributed by atoms with E-state index >= 15 is 4.39 Å². The minimum absolute atomic E-state index is 0.0190. The van der Waals surface area contributed by atoms with Crippen molar-refractivity contribution in [3.05, 3.63) is 87.8 Å². The van der Waals surface area contributed by atoms with Gasteiger partial charge in [-0.25, -0.2) is 23.7 Å². The van der Waals surface area contributed by atoms with E-state index in [2.05, 4.69) is 20.2 Å². The number of H-pyrrole nitrogens is 2. The van der Waals surface area contributed by atoms with Crippen molar-refractivity contribution in [2.45, 2.75) is 6.42 Å². The molecule has 5 aromatic rings. The van der Waals surface area contributed by atoms with Crippen molar-refractivity contribution in [3.63, 3.8) is 0 Å². The summed E-state index contributed by atoms with van der Waals surface area (Å²) in [6, 6.07) is 14.2. The van der Waals surface area contributed by atoms with Gasteiger partial charge in [-0.15, -0.1) is 0 Å². The van der Waals surface area contributed by atoms with Gasteiger partial charge in [0.05, 0.1) is 16.6 Å². The Morgan fingerprint density at radius 3 is 2.61 bits per heavy atom. The molecule has 0 bridgehead atoms. The van der Waals surface area contributed by atoms with E-state index in [4.69, 9.17) is 5.11 Å². The van der Waals surface area contributed by atoms with Gasteiger partial charge in [0.15, 0.2) is 5.82 Å². The smallest absolute Gasteiger partial charge is 0.411 e. The number of nitrogens with zero attached hydrogens (tertiary/aromatic N) is 2. The maximum atomic E-state index is 15.2. The van der Waals surface area contributed by atoms with Gasteiger partial charge in [0.1, 0.15) is 11.3 Å². The van der Waals surface area contributed by atoms with Gasteiger partial charge >= 0.3 is 6.09 Å². The SMILES string of the molecule is O=C(O)Nc1nc2c(F)c(-c3cc(Cc4n[nH]c(=O)c5ccccc45)ccc3F)ccc2[nH]1. The number of imidazole rings is 1. The summed E-state index contributed by atoms with van der Waals surface area (Å²) in [7, 11) is 0. The summed E-state index contributed by atoms with van der Waals surface area (Å²) in [6.45, 7) is 0. The molecule has 4 N–H and O–H groups in total. The van der Waals surface area contributed by atoms with Crippen LogP contribution in [0.25, 0.3) is 32.9 Å². The van der Waals surface area contributed by atoms with Crippen LogP contribution < -0.4 is 10.9 Å². The normalized spacial score (nSPS) is 11.2. The first kappa shape index (κ1) is 20.3. The molecular weight excluding hydrogens is 432 g/mol. The zero-order valence-electron chi connectivity index (χ0n) is 16.8. The standard InChI is InChI=1S/C23H15F2N5O3/c24-16-7-5-11(10-18-12-3-1-2-4-14(12)21(31)30-29-18)9-15(16)13-6-8-17-20(19(13)25)27-22(26-17)28-23(32)33/h1-9H,10H2,(H,30,31)(H,32,33)(H2,26,27,28). The molecule has 0 aliphatic heterocycles. The molecule has 0 atom stereocenters. The molecule has 0 spiro atoms. The van der Waals surface area contributed by atoms with E-state index in [9.17, 15) is 14.0 Å². The number of fused-ring (bicyclic) bond motifs is 2. The molecule has 0 saturated heterocycles. The van der Waals surface area contributed by atoms with Crippen LogP contribution >= 0.6 is 0 Å². The Morgan fingerprint density at radius 2 is 1.82 bits per heavy atom. The number of anilines is 1. The third-order valence-corrected chi connectivity index (χ3v) is 5.29. The highest BCUT2D eigenvalue weighted by Gasteiger charge is 2.18. The molecular formula is C23H15F2N5O3. The lowest BCUT2D eigenvalue weighted by atomic mass is 9.98. The number of aromatic amines is 2. The molecule has 33 heavy (non-hydrogen) atoms. The van der Waals surface area contributed by atoms with Gasteiger partial charge in [0.25, 0.3) is 5.56 Å². The van der Waals surface area contributed by atoms with E-state index < -0.39 is 17.7 Å². The second-order valence-electron chi connectivity index (χ2n) is 7.37. The number of hydrogen-bond acceptors (Lipinski definition) is 4. The highest BCUT2D eigenvalue weighted by atomic mass is 19.1. The Kier molecular flexibility index (Phi) is 4.82. The number of nitrogens with one attached hydrogen (secondary N) is 3. The van der Waals surface area contributed by atoms with Crippen molar-refractivity contribution in [1.82, 2.24) is 20.2 Å². The number of halogens is 2. The molecule has 8 nitrogen and oxygen atoms in total. The summed E-state index contributed by atoms with van der Waals surface area (Å²) in [4.78, 5) is 29.4. The van der Waals surface area contributed by atoms with E-state index in [0.29, 0.717) is 22.0 Å². The Morgan fingerprint density at radius 1 is 1.03 bits per heavy atom. The Balaban J connectivity index is 1.57. The molecule has 10 heteroatoms. The van der Waals surface area contributed by atoms with Crippen LogP contribution in [0.4, 0.5) is 19.5 Å². The summed E-state index contributed by atoms with van der Waals surface area (Å²) in [5, 5.41) is 18.6. The predicted molar refractivity (Wildman–Crippen MR) is 118 cm³/mol. The largest absolute Gasteiger partial charge is 0.465 e. The number of benzene rings is 3. The molecule has 2 aromatic heterocycles. The Hall–Kier alpha value is -4.60. The summed E-state index contributed by atoms with van der Waals surface area (Å²) in [5.41, 5.74) is 1.10. The fourth-order valence-corrected chi connectivity index (χ4v) is 3.80. The summed E-state index contributed by atoms with van der Waals surface area (Å²) in [6.07, 6.45) is -1.07. The van der Waals surface area contributed by atoms with E-state index in [1.165, 1.54) is 24.3 Å². The van der Waals surface area contributed by atoms with Crippen LogP contribution in [-0.4, -0.2) is 31.4 Å². The number of amides is 1. The lowest BCUT2D eigenvalue weighted by molar-refractivity contribution is 0.209. The van der Waals surface area contributed by atoms with Gasteiger partial charge in [0, 0.05) is 22.9 Å². The minimum atomic E-state index is -1.35. The van der Waals surface area contributed by atoms with Crippen LogP contribution in [0.5, 0.6) is 0 Å². The van der Waals surface area contributed by atoms with Crippen LogP contribution in [0.1, 0.15) is 11.3 Å². The number of hydrogen-bond donors (Lipinski definition) is 4. The molecule has 164 valence electrons. The first-order valence-corrected chi connectivity index (χ1v) is 9.84. The van der Waals surface area contributed by atoms with Crippen LogP contribution in [-0.2, 0) is 6.42 Å². The average Bonchev–Trinajstić information content (AvgIpc) is 3.20. The summed E-state index contributed by atoms with van der Waals surface area (Å²) in [5.74, 6) is -1.56. The van der Waals surface area contributed by atoms with Gasteiger partial charge in [-0.2, -0.15) is 5.10 Å². The number of carbonyl (C=O) groups is 1. The van der Waals surface area contributed by atoms with Crippen molar-refractivity contribution in [2.24, 2.45) is 0 Å². The maximum absolute atomic E-state index is 15.2. The van der Waals surface area contributed by atoms with Gasteiger partial charge in [-0.3, -0.25) is 10.1 Å². The molecule has 1 amide bonds. The van der Waals surface area contributed by atoms with Crippen LogP contribution in [0.15, 0.2) is 59.4 Å². The maximum Gasteiger partial charge on any atom is 0.411 e. The minimum Gasteiger partial charge on any atom is -0.465 e. The number of rotatable bonds is 4. The number of aromatic nitrogens is 4. The van der Waals surface area contributed by atoms with Gasteiger partial charge in [-0.1, -0.05) is 24.3 Å². The molecule has 0 saturated carbocycles. The van der Waals surface area contributed by atoms with Gasteiger partial charge in [0.2, 0.25) is 5.95 Å². The molecule has 0 unspecified atom stereocenters. The molecule has 0 radical (unpaired) electrons. The Bertz CT molecular complexity index is 1610. The fraction of sp³-hybridized carbons (Fsp3) is 0.0435. The fourth-order valence-electron chi connectivity index (χ4n) is 3.80. The Labute approximate surface area is 183 Å². The highest BCUT2D eigenvalue weighted by Crippen LogP contribution is 2.31. The second-order valence-corrected chi connectivity index (χ2v) is 7.37. The molecule has 3 aromatic carbocycles. The van der Waals surface area contributed by atoms with Crippen molar-refractivity contribution in [2.75, 3.05) is 5.32 Å². The van der Waals surface area contributed by atoms with Gasteiger partial charge < -0.3 is 10.1 Å². The topological polar surface area (TPSA) is 124 Å². The quantitative estimate of drug-likeness (QED) is 0.325. The van der Waals surface area contributed by atoms with Crippen molar-refractivity contribution in [1.29, 1.82) is 0 Å². The second kappa shape index (κ2) is 7.83.